The molecule has 0 unspecified atom stereocenters. The first-order valence-corrected chi connectivity index (χ1v) is 4.90. The van der Waals surface area contributed by atoms with Gasteiger partial charge in [0.05, 0.1) is 6.10 Å². The van der Waals surface area contributed by atoms with Crippen LogP contribution in [0, 0.1) is 0 Å². The molecule has 0 spiro atoms. The molecule has 0 heterocycles. The molecule has 1 N–H and O–H groups in total. The fraction of sp³-hybridized carbons (Fsp3) is 0.333. The van der Waals surface area contributed by atoms with Gasteiger partial charge in [0.2, 0.25) is 0 Å². The van der Waals surface area contributed by atoms with Crippen LogP contribution < -0.4 is 4.74 Å². The standard InChI is InChI=1S/C9H11ClO2S/c10-7-2-1-3-9(4-7)12-5-8(11)6-13/h1-4,8,11,13H,5-6H2/t8-/m1/s1. The SMILES string of the molecule is O[C@@H](CS)COc1cccc(Cl)c1. The normalized spacial score (nSPS) is 12.5. The Labute approximate surface area is 87.9 Å². The number of halogens is 1. The van der Waals surface area contributed by atoms with Crippen molar-refractivity contribution in [2.45, 2.75) is 6.10 Å². The highest BCUT2D eigenvalue weighted by Crippen LogP contribution is 2.17. The smallest absolute Gasteiger partial charge is 0.120 e. The van der Waals surface area contributed by atoms with E-state index in [0.29, 0.717) is 16.5 Å². The Kier molecular flexibility index (Phi) is 4.42. The van der Waals surface area contributed by atoms with Crippen LogP contribution in [0.5, 0.6) is 5.75 Å². The number of benzene rings is 1. The zero-order chi connectivity index (χ0) is 9.68. The van der Waals surface area contributed by atoms with Crippen molar-refractivity contribution in [2.75, 3.05) is 12.4 Å². The lowest BCUT2D eigenvalue weighted by molar-refractivity contribution is 0.126. The number of hydrogen-bond donors (Lipinski definition) is 2. The summed E-state index contributed by atoms with van der Waals surface area (Å²) in [7, 11) is 0. The maximum absolute atomic E-state index is 9.15. The molecule has 0 saturated carbocycles. The molecule has 0 bridgehead atoms. The van der Waals surface area contributed by atoms with Crippen LogP contribution in [-0.2, 0) is 0 Å². The average Bonchev–Trinajstić information content (AvgIpc) is 2.14. The van der Waals surface area contributed by atoms with Crippen molar-refractivity contribution in [3.63, 3.8) is 0 Å². The van der Waals surface area contributed by atoms with Gasteiger partial charge in [0.1, 0.15) is 12.4 Å². The zero-order valence-corrected chi connectivity index (χ0v) is 8.63. The fourth-order valence-corrected chi connectivity index (χ4v) is 1.09. The van der Waals surface area contributed by atoms with Gasteiger partial charge in [-0.15, -0.1) is 0 Å². The molecule has 1 atom stereocenters. The van der Waals surface area contributed by atoms with Crippen LogP contribution in [-0.4, -0.2) is 23.6 Å². The molecule has 1 aromatic rings. The first-order chi connectivity index (χ1) is 6.22. The topological polar surface area (TPSA) is 29.5 Å². The third kappa shape index (κ3) is 3.89. The second-order valence-electron chi connectivity index (χ2n) is 2.60. The first-order valence-electron chi connectivity index (χ1n) is 3.89. The van der Waals surface area contributed by atoms with E-state index in [9.17, 15) is 0 Å². The van der Waals surface area contributed by atoms with Gasteiger partial charge in [-0.2, -0.15) is 12.6 Å². The highest BCUT2D eigenvalue weighted by Gasteiger charge is 2.02. The van der Waals surface area contributed by atoms with Crippen LogP contribution >= 0.6 is 24.2 Å². The molecule has 13 heavy (non-hydrogen) atoms. The monoisotopic (exact) mass is 218 g/mol. The van der Waals surface area contributed by atoms with Crippen LogP contribution in [0.25, 0.3) is 0 Å². The Balaban J connectivity index is 2.45. The molecule has 1 aromatic carbocycles. The van der Waals surface area contributed by atoms with E-state index in [-0.39, 0.29) is 6.61 Å². The van der Waals surface area contributed by atoms with E-state index < -0.39 is 6.10 Å². The second kappa shape index (κ2) is 5.37. The van der Waals surface area contributed by atoms with E-state index in [0.717, 1.165) is 0 Å². The highest BCUT2D eigenvalue weighted by molar-refractivity contribution is 7.80. The van der Waals surface area contributed by atoms with Crippen LogP contribution in [0.3, 0.4) is 0 Å². The summed E-state index contributed by atoms with van der Waals surface area (Å²) in [5.41, 5.74) is 0. The van der Waals surface area contributed by atoms with Crippen LogP contribution in [0.15, 0.2) is 24.3 Å². The number of aliphatic hydroxyl groups is 1. The van der Waals surface area contributed by atoms with Gasteiger partial charge in [-0.05, 0) is 18.2 Å². The summed E-state index contributed by atoms with van der Waals surface area (Å²) in [4.78, 5) is 0. The molecular formula is C9H11ClO2S. The Hall–Kier alpha value is -0.380. The third-order valence-electron chi connectivity index (χ3n) is 1.45. The fourth-order valence-electron chi connectivity index (χ4n) is 0.802. The van der Waals surface area contributed by atoms with Crippen LogP contribution in [0.4, 0.5) is 0 Å². The number of hydrogen-bond acceptors (Lipinski definition) is 3. The van der Waals surface area contributed by atoms with Gasteiger partial charge < -0.3 is 9.84 Å². The molecule has 1 rings (SSSR count). The van der Waals surface area contributed by atoms with E-state index in [2.05, 4.69) is 12.6 Å². The van der Waals surface area contributed by atoms with Crippen molar-refractivity contribution in [3.05, 3.63) is 29.3 Å². The van der Waals surface area contributed by atoms with E-state index in [1.54, 1.807) is 24.3 Å². The zero-order valence-electron chi connectivity index (χ0n) is 6.98. The van der Waals surface area contributed by atoms with Crippen LogP contribution in [0.1, 0.15) is 0 Å². The second-order valence-corrected chi connectivity index (χ2v) is 3.41. The Morgan fingerprint density at radius 1 is 1.54 bits per heavy atom. The average molecular weight is 219 g/mol. The van der Waals surface area contributed by atoms with Gasteiger partial charge >= 0.3 is 0 Å². The maximum atomic E-state index is 9.15. The summed E-state index contributed by atoms with van der Waals surface area (Å²) in [5.74, 6) is 1.05. The van der Waals surface area contributed by atoms with Gasteiger partial charge in [-0.25, -0.2) is 0 Å². The lowest BCUT2D eigenvalue weighted by atomic mass is 10.3. The lowest BCUT2D eigenvalue weighted by Gasteiger charge is -2.09. The predicted molar refractivity (Wildman–Crippen MR) is 56.8 cm³/mol. The minimum absolute atomic E-state index is 0.240. The number of aliphatic hydroxyl groups excluding tert-OH is 1. The molecule has 0 amide bonds. The van der Waals surface area contributed by atoms with Crippen molar-refractivity contribution in [2.24, 2.45) is 0 Å². The number of rotatable bonds is 4. The molecule has 4 heteroatoms. The molecule has 0 radical (unpaired) electrons. The molecule has 0 aliphatic rings. The van der Waals surface area contributed by atoms with Gasteiger partial charge in [-0.1, -0.05) is 17.7 Å². The van der Waals surface area contributed by atoms with Gasteiger partial charge in [0.25, 0.3) is 0 Å². The first kappa shape index (κ1) is 10.7. The van der Waals surface area contributed by atoms with Crippen molar-refractivity contribution in [1.29, 1.82) is 0 Å². The molecule has 0 aliphatic carbocycles. The van der Waals surface area contributed by atoms with E-state index in [1.807, 2.05) is 0 Å². The highest BCUT2D eigenvalue weighted by atomic mass is 35.5. The van der Waals surface area contributed by atoms with Crippen LogP contribution in [0.2, 0.25) is 5.02 Å². The number of ether oxygens (including phenoxy) is 1. The summed E-state index contributed by atoms with van der Waals surface area (Å²) in [6, 6.07) is 7.05. The minimum Gasteiger partial charge on any atom is -0.491 e. The quantitative estimate of drug-likeness (QED) is 0.758. The summed E-state index contributed by atoms with van der Waals surface area (Å²) >= 11 is 9.66. The largest absolute Gasteiger partial charge is 0.491 e. The van der Waals surface area contributed by atoms with E-state index in [4.69, 9.17) is 21.4 Å². The Morgan fingerprint density at radius 2 is 2.31 bits per heavy atom. The minimum atomic E-state index is -0.540. The predicted octanol–water partition coefficient (Wildman–Crippen LogP) is 2.01. The van der Waals surface area contributed by atoms with Crippen molar-refractivity contribution in [3.8, 4) is 5.75 Å². The van der Waals surface area contributed by atoms with Crippen molar-refractivity contribution < 1.29 is 9.84 Å². The molecular weight excluding hydrogens is 208 g/mol. The molecule has 0 saturated heterocycles. The third-order valence-corrected chi connectivity index (χ3v) is 2.11. The van der Waals surface area contributed by atoms with Gasteiger partial charge in [-0.3, -0.25) is 0 Å². The van der Waals surface area contributed by atoms with Crippen molar-refractivity contribution >= 4 is 24.2 Å². The maximum Gasteiger partial charge on any atom is 0.120 e. The Morgan fingerprint density at radius 3 is 2.92 bits per heavy atom. The molecule has 0 aromatic heterocycles. The molecule has 0 aliphatic heterocycles. The summed E-state index contributed by atoms with van der Waals surface area (Å²) < 4.78 is 5.26. The lowest BCUT2D eigenvalue weighted by Crippen LogP contribution is -2.18. The van der Waals surface area contributed by atoms with Gasteiger partial charge in [0.15, 0.2) is 0 Å². The number of thiol groups is 1. The van der Waals surface area contributed by atoms with Crippen molar-refractivity contribution in [1.82, 2.24) is 0 Å². The summed E-state index contributed by atoms with van der Waals surface area (Å²) in [6.07, 6.45) is -0.540. The summed E-state index contributed by atoms with van der Waals surface area (Å²) in [5, 5.41) is 9.78. The van der Waals surface area contributed by atoms with E-state index >= 15 is 0 Å². The van der Waals surface area contributed by atoms with E-state index in [1.165, 1.54) is 0 Å². The molecule has 2 nitrogen and oxygen atoms in total. The Bertz CT molecular complexity index is 268. The summed E-state index contributed by atoms with van der Waals surface area (Å²) in [6.45, 7) is 0.240. The molecule has 72 valence electrons. The molecule has 0 fully saturated rings. The van der Waals surface area contributed by atoms with Gasteiger partial charge in [0, 0.05) is 10.8 Å².